The Bertz CT molecular complexity index is 1340. The fraction of sp³-hybridized carbons (Fsp3) is 0.370. The predicted molar refractivity (Wildman–Crippen MR) is 141 cm³/mol. The maximum absolute atomic E-state index is 10.5. The zero-order valence-electron chi connectivity index (χ0n) is 20.8. The smallest absolute Gasteiger partial charge is 0.224 e. The van der Waals surface area contributed by atoms with Gasteiger partial charge >= 0.3 is 0 Å². The van der Waals surface area contributed by atoms with Crippen LogP contribution in [0, 0.1) is 0 Å². The quantitative estimate of drug-likeness (QED) is 0.291. The second-order valence-corrected chi connectivity index (χ2v) is 9.71. The Hall–Kier alpha value is -3.61. The average molecular weight is 518 g/mol. The van der Waals surface area contributed by atoms with Crippen molar-refractivity contribution in [2.45, 2.75) is 30.6 Å². The molecule has 2 aromatic carbocycles. The molecule has 0 saturated carbocycles. The molecule has 2 saturated heterocycles. The number of anilines is 2. The number of ether oxygens (including phenoxy) is 1. The fourth-order valence-electron chi connectivity index (χ4n) is 5.51. The monoisotopic (exact) mass is 517 g/mol. The van der Waals surface area contributed by atoms with Crippen LogP contribution in [0.3, 0.4) is 0 Å². The van der Waals surface area contributed by atoms with E-state index in [0.29, 0.717) is 30.1 Å². The highest BCUT2D eigenvalue weighted by molar-refractivity contribution is 5.85. The molecule has 0 spiro atoms. The molecule has 0 unspecified atom stereocenters. The second-order valence-electron chi connectivity index (χ2n) is 9.71. The van der Waals surface area contributed by atoms with E-state index in [1.165, 1.54) is 22.0 Å². The summed E-state index contributed by atoms with van der Waals surface area (Å²) in [4.78, 5) is 18.0. The largest absolute Gasteiger partial charge is 0.394 e. The van der Waals surface area contributed by atoms with Crippen LogP contribution in [0.4, 0.5) is 11.8 Å². The highest BCUT2D eigenvalue weighted by Crippen LogP contribution is 2.34. The summed E-state index contributed by atoms with van der Waals surface area (Å²) >= 11 is 0. The van der Waals surface area contributed by atoms with Crippen LogP contribution in [-0.2, 0) is 4.74 Å². The third-order valence-corrected chi connectivity index (χ3v) is 7.42. The molecule has 0 radical (unpaired) electrons. The Morgan fingerprint density at radius 1 is 0.895 bits per heavy atom. The molecule has 2 aliphatic rings. The molecule has 0 amide bonds. The van der Waals surface area contributed by atoms with Crippen molar-refractivity contribution in [2.24, 2.45) is 0 Å². The van der Waals surface area contributed by atoms with Crippen LogP contribution in [0.1, 0.15) is 23.4 Å². The summed E-state index contributed by atoms with van der Waals surface area (Å²) in [7, 11) is 0. The number of piperazine rings is 1. The Kier molecular flexibility index (Phi) is 6.68. The molecule has 5 N–H and O–H groups in total. The van der Waals surface area contributed by atoms with Gasteiger partial charge in [-0.15, -0.1) is 0 Å². The lowest BCUT2D eigenvalue weighted by atomic mass is 9.96. The van der Waals surface area contributed by atoms with Crippen LogP contribution in [0.5, 0.6) is 0 Å². The maximum Gasteiger partial charge on any atom is 0.224 e. The van der Waals surface area contributed by atoms with Crippen molar-refractivity contribution in [1.82, 2.24) is 24.4 Å². The van der Waals surface area contributed by atoms with Crippen LogP contribution < -0.4 is 10.6 Å². The summed E-state index contributed by atoms with van der Waals surface area (Å²) in [6.07, 6.45) is -2.83. The Labute approximate surface area is 219 Å². The van der Waals surface area contributed by atoms with E-state index in [4.69, 9.17) is 10.5 Å². The van der Waals surface area contributed by atoms with Crippen LogP contribution in [0.15, 0.2) is 67.0 Å². The number of nitrogens with zero attached hydrogens (tertiary/aromatic N) is 6. The average Bonchev–Trinajstić information content (AvgIpc) is 3.50. The lowest BCUT2D eigenvalue weighted by Gasteiger charge is -2.40. The number of aromatic nitrogens is 4. The van der Waals surface area contributed by atoms with E-state index in [0.717, 1.165) is 13.1 Å². The summed E-state index contributed by atoms with van der Waals surface area (Å²) in [5.74, 6) is 0.698. The van der Waals surface area contributed by atoms with Crippen LogP contribution in [0.25, 0.3) is 11.2 Å². The number of hydrogen-bond donors (Lipinski definition) is 4. The molecule has 4 aromatic rings. The number of aliphatic hydroxyl groups is 3. The van der Waals surface area contributed by atoms with Gasteiger partial charge in [0.05, 0.1) is 19.0 Å². The highest BCUT2D eigenvalue weighted by Gasteiger charge is 2.44. The molecule has 2 aromatic heterocycles. The van der Waals surface area contributed by atoms with Gasteiger partial charge in [-0.3, -0.25) is 9.47 Å². The standard InChI is InChI=1S/C27H31N7O4/c28-27-30-24(20-25(31-27)34(16-29-20)26-23(37)22(36)19(15-35)38-26)33-13-11-32(12-14-33)21(17-7-3-1-4-8-17)18-9-5-2-6-10-18/h1-10,16,19,21-23,26,35-37H,11-15H2,(H2,28,30,31)/t19-,22-,23-,26-/m1/s1. The summed E-state index contributed by atoms with van der Waals surface area (Å²) < 4.78 is 7.23. The predicted octanol–water partition coefficient (Wildman–Crippen LogP) is 0.932. The van der Waals surface area contributed by atoms with Gasteiger partial charge < -0.3 is 30.7 Å². The summed E-state index contributed by atoms with van der Waals surface area (Å²) in [5.41, 5.74) is 9.54. The molecule has 4 heterocycles. The molecule has 0 aliphatic carbocycles. The van der Waals surface area contributed by atoms with E-state index < -0.39 is 31.1 Å². The van der Waals surface area contributed by atoms with Gasteiger partial charge in [0.2, 0.25) is 5.95 Å². The molecule has 198 valence electrons. The molecule has 38 heavy (non-hydrogen) atoms. The van der Waals surface area contributed by atoms with E-state index in [1.54, 1.807) is 0 Å². The van der Waals surface area contributed by atoms with Gasteiger partial charge in [0.15, 0.2) is 23.2 Å². The van der Waals surface area contributed by atoms with Gasteiger partial charge in [-0.1, -0.05) is 60.7 Å². The van der Waals surface area contributed by atoms with Crippen molar-refractivity contribution in [2.75, 3.05) is 43.4 Å². The van der Waals surface area contributed by atoms with Crippen molar-refractivity contribution in [1.29, 1.82) is 0 Å². The molecule has 11 heteroatoms. The Morgan fingerprint density at radius 2 is 1.53 bits per heavy atom. The number of imidazole rings is 1. The van der Waals surface area contributed by atoms with E-state index in [2.05, 4.69) is 73.3 Å². The first-order valence-electron chi connectivity index (χ1n) is 12.8. The van der Waals surface area contributed by atoms with Crippen LogP contribution in [0.2, 0.25) is 0 Å². The minimum Gasteiger partial charge on any atom is -0.394 e. The first-order valence-corrected chi connectivity index (χ1v) is 12.8. The molecule has 11 nitrogen and oxygen atoms in total. The Morgan fingerprint density at radius 3 is 2.11 bits per heavy atom. The normalized spacial score (nSPS) is 24.5. The van der Waals surface area contributed by atoms with E-state index in [1.807, 2.05) is 12.1 Å². The van der Waals surface area contributed by atoms with E-state index >= 15 is 0 Å². The number of rotatable bonds is 6. The second kappa shape index (κ2) is 10.3. The van der Waals surface area contributed by atoms with Crippen molar-refractivity contribution in [3.05, 3.63) is 78.1 Å². The van der Waals surface area contributed by atoms with Gasteiger partial charge in [0, 0.05) is 26.2 Å². The van der Waals surface area contributed by atoms with Crippen molar-refractivity contribution >= 4 is 22.9 Å². The zero-order chi connectivity index (χ0) is 26.2. The molecule has 6 rings (SSSR count). The zero-order valence-corrected chi connectivity index (χ0v) is 20.8. The minimum atomic E-state index is -1.25. The number of nitrogens with two attached hydrogens (primary N) is 1. The lowest BCUT2D eigenvalue weighted by Crippen LogP contribution is -2.48. The van der Waals surface area contributed by atoms with Gasteiger partial charge in [-0.25, -0.2) is 4.98 Å². The van der Waals surface area contributed by atoms with Gasteiger partial charge in [-0.05, 0) is 11.1 Å². The van der Waals surface area contributed by atoms with Gasteiger partial charge in [-0.2, -0.15) is 9.97 Å². The van der Waals surface area contributed by atoms with Crippen molar-refractivity contribution in [3.63, 3.8) is 0 Å². The number of aliphatic hydroxyl groups excluding tert-OH is 3. The third-order valence-electron chi connectivity index (χ3n) is 7.42. The summed E-state index contributed by atoms with van der Waals surface area (Å²) in [6, 6.07) is 21.2. The summed E-state index contributed by atoms with van der Waals surface area (Å²) in [6.45, 7) is 2.61. The highest BCUT2D eigenvalue weighted by atomic mass is 16.6. The van der Waals surface area contributed by atoms with E-state index in [9.17, 15) is 15.3 Å². The lowest BCUT2D eigenvalue weighted by molar-refractivity contribution is -0.0511. The number of nitrogen functional groups attached to an aromatic ring is 1. The Balaban J connectivity index is 1.26. The summed E-state index contributed by atoms with van der Waals surface area (Å²) in [5, 5.41) is 30.2. The first-order chi connectivity index (χ1) is 18.5. The van der Waals surface area contributed by atoms with Gasteiger partial charge in [0.25, 0.3) is 0 Å². The van der Waals surface area contributed by atoms with Gasteiger partial charge in [0.1, 0.15) is 18.3 Å². The van der Waals surface area contributed by atoms with Crippen LogP contribution in [-0.4, -0.2) is 90.8 Å². The number of benzene rings is 2. The third kappa shape index (κ3) is 4.38. The maximum atomic E-state index is 10.5. The molecule has 4 atom stereocenters. The van der Waals surface area contributed by atoms with E-state index in [-0.39, 0.29) is 12.0 Å². The SMILES string of the molecule is Nc1nc(N2CCN(C(c3ccccc3)c3ccccc3)CC2)c2ncn([C@@H]3O[C@H](CO)[C@@H](O)[C@H]3O)c2n1. The minimum absolute atomic E-state index is 0.0786. The topological polar surface area (TPSA) is 146 Å². The molecule has 0 bridgehead atoms. The fourth-order valence-corrected chi connectivity index (χ4v) is 5.51. The first kappa shape index (κ1) is 24.7. The molecule has 2 fully saturated rings. The number of fused-ring (bicyclic) bond motifs is 1. The van der Waals surface area contributed by atoms with Crippen molar-refractivity contribution in [3.8, 4) is 0 Å². The molecule has 2 aliphatic heterocycles. The molecular formula is C27H31N7O4. The van der Waals surface area contributed by atoms with Crippen LogP contribution >= 0.6 is 0 Å². The number of hydrogen-bond acceptors (Lipinski definition) is 10. The molecular weight excluding hydrogens is 486 g/mol. The van der Waals surface area contributed by atoms with Crippen molar-refractivity contribution < 1.29 is 20.1 Å².